The second-order valence-electron chi connectivity index (χ2n) is 4.10. The van der Waals surface area contributed by atoms with Gasteiger partial charge in [0.25, 0.3) is 0 Å². The molecular weight excluding hydrogens is 231 g/mol. The maximum absolute atomic E-state index is 12.7. The van der Waals surface area contributed by atoms with E-state index in [1.807, 2.05) is 0 Å². The fourth-order valence-electron chi connectivity index (χ4n) is 2.05. The lowest BCUT2D eigenvalue weighted by molar-refractivity contribution is -0.181. The van der Waals surface area contributed by atoms with Crippen molar-refractivity contribution in [1.29, 1.82) is 0 Å². The Balaban J connectivity index is 2.15. The van der Waals surface area contributed by atoms with Crippen molar-refractivity contribution < 1.29 is 18.0 Å². The van der Waals surface area contributed by atoms with E-state index >= 15 is 0 Å². The van der Waals surface area contributed by atoms with E-state index in [0.717, 1.165) is 10.5 Å². The number of alkyl halides is 3. The Morgan fingerprint density at radius 2 is 1.88 bits per heavy atom. The van der Waals surface area contributed by atoms with E-state index in [0.29, 0.717) is 0 Å². The molecular formula is C12H12F3NO. The van der Waals surface area contributed by atoms with E-state index in [-0.39, 0.29) is 19.4 Å². The van der Waals surface area contributed by atoms with Gasteiger partial charge in [0.05, 0.1) is 0 Å². The van der Waals surface area contributed by atoms with Gasteiger partial charge in [0, 0.05) is 13.0 Å². The summed E-state index contributed by atoms with van der Waals surface area (Å²) >= 11 is 0. The fraction of sp³-hybridized carbons (Fsp3) is 0.417. The molecule has 1 aromatic carbocycles. The van der Waals surface area contributed by atoms with Gasteiger partial charge in [-0.05, 0) is 12.0 Å². The normalized spacial score (nSPS) is 21.0. The molecule has 92 valence electrons. The van der Waals surface area contributed by atoms with Crippen molar-refractivity contribution in [1.82, 2.24) is 4.90 Å². The lowest BCUT2D eigenvalue weighted by atomic mass is 10.2. The first-order chi connectivity index (χ1) is 7.98. The largest absolute Gasteiger partial charge is 0.408 e. The lowest BCUT2D eigenvalue weighted by Crippen LogP contribution is -2.42. The Hall–Kier alpha value is -1.52. The first kappa shape index (κ1) is 12.0. The molecule has 1 amide bonds. The minimum atomic E-state index is -4.33. The van der Waals surface area contributed by atoms with Gasteiger partial charge in [-0.1, -0.05) is 30.3 Å². The predicted octanol–water partition coefficient (Wildman–Crippen LogP) is 2.74. The van der Waals surface area contributed by atoms with Crippen molar-refractivity contribution in [3.05, 3.63) is 35.9 Å². The van der Waals surface area contributed by atoms with Crippen LogP contribution in [0.15, 0.2) is 30.3 Å². The summed E-state index contributed by atoms with van der Waals surface area (Å²) in [5.41, 5.74) is 0.719. The number of hydrogen-bond acceptors (Lipinski definition) is 1. The van der Waals surface area contributed by atoms with Crippen molar-refractivity contribution >= 4 is 5.91 Å². The van der Waals surface area contributed by atoms with Gasteiger partial charge in [0.1, 0.15) is 6.04 Å². The number of carbonyl (C=O) groups is 1. The van der Waals surface area contributed by atoms with Crippen LogP contribution in [0, 0.1) is 0 Å². The summed E-state index contributed by atoms with van der Waals surface area (Å²) in [6.07, 6.45) is -4.48. The molecule has 0 radical (unpaired) electrons. The van der Waals surface area contributed by atoms with Crippen LogP contribution in [0.2, 0.25) is 0 Å². The number of halogens is 3. The molecule has 0 aromatic heterocycles. The molecule has 1 aliphatic rings. The molecule has 1 fully saturated rings. The third-order valence-corrected chi connectivity index (χ3v) is 2.90. The number of amides is 1. The van der Waals surface area contributed by atoms with E-state index in [1.54, 1.807) is 30.3 Å². The molecule has 1 atom stereocenters. The quantitative estimate of drug-likeness (QED) is 0.782. The van der Waals surface area contributed by atoms with Gasteiger partial charge >= 0.3 is 6.18 Å². The van der Waals surface area contributed by atoms with E-state index in [2.05, 4.69) is 0 Å². The Labute approximate surface area is 97.0 Å². The summed E-state index contributed by atoms with van der Waals surface area (Å²) in [6, 6.07) is 7.10. The van der Waals surface area contributed by atoms with Crippen LogP contribution in [-0.4, -0.2) is 23.0 Å². The first-order valence-corrected chi connectivity index (χ1v) is 5.38. The van der Waals surface area contributed by atoms with Gasteiger partial charge in [-0.15, -0.1) is 0 Å². The predicted molar refractivity (Wildman–Crippen MR) is 56.1 cm³/mol. The third-order valence-electron chi connectivity index (χ3n) is 2.90. The average molecular weight is 243 g/mol. The molecule has 1 heterocycles. The lowest BCUT2D eigenvalue weighted by Gasteiger charge is -2.26. The maximum Gasteiger partial charge on any atom is 0.408 e. The number of hydrogen-bond donors (Lipinski definition) is 0. The summed E-state index contributed by atoms with van der Waals surface area (Å²) < 4.78 is 38.1. The zero-order valence-corrected chi connectivity index (χ0v) is 9.07. The van der Waals surface area contributed by atoms with Crippen molar-refractivity contribution in [2.45, 2.75) is 31.6 Å². The Bertz CT molecular complexity index is 402. The Morgan fingerprint density at radius 1 is 1.24 bits per heavy atom. The van der Waals surface area contributed by atoms with Gasteiger partial charge in [-0.3, -0.25) is 4.79 Å². The second kappa shape index (κ2) is 4.39. The van der Waals surface area contributed by atoms with Crippen LogP contribution in [0.5, 0.6) is 0 Å². The van der Waals surface area contributed by atoms with Crippen molar-refractivity contribution in [2.75, 3.05) is 0 Å². The van der Waals surface area contributed by atoms with Gasteiger partial charge in [-0.25, -0.2) is 0 Å². The molecule has 0 aliphatic carbocycles. The van der Waals surface area contributed by atoms with E-state index in [4.69, 9.17) is 0 Å². The van der Waals surface area contributed by atoms with Crippen molar-refractivity contribution in [2.24, 2.45) is 0 Å². The monoisotopic (exact) mass is 243 g/mol. The number of carbonyl (C=O) groups excluding carboxylic acids is 1. The summed E-state index contributed by atoms with van der Waals surface area (Å²) in [4.78, 5) is 12.4. The number of benzene rings is 1. The van der Waals surface area contributed by atoms with Crippen LogP contribution in [0.25, 0.3) is 0 Å². The summed E-state index contributed by atoms with van der Waals surface area (Å²) in [5.74, 6) is -0.420. The first-order valence-electron chi connectivity index (χ1n) is 5.38. The molecule has 0 bridgehead atoms. The van der Waals surface area contributed by atoms with Crippen LogP contribution < -0.4 is 0 Å². The van der Waals surface area contributed by atoms with E-state index in [1.165, 1.54) is 0 Å². The molecule has 0 saturated carbocycles. The number of rotatable bonds is 2. The third kappa shape index (κ3) is 2.60. The summed E-state index contributed by atoms with van der Waals surface area (Å²) in [5, 5.41) is 0. The molecule has 0 N–H and O–H groups in total. The summed E-state index contributed by atoms with van der Waals surface area (Å²) in [7, 11) is 0. The van der Waals surface area contributed by atoms with Crippen molar-refractivity contribution in [3.63, 3.8) is 0 Å². The van der Waals surface area contributed by atoms with Gasteiger partial charge < -0.3 is 4.90 Å². The number of likely N-dealkylation sites (tertiary alicyclic amines) is 1. The standard InChI is InChI=1S/C12H12F3NO/c13-12(14,15)10-6-7-11(17)16(10)8-9-4-2-1-3-5-9/h1-5,10H,6-8H2. The molecule has 0 spiro atoms. The molecule has 1 saturated heterocycles. The molecule has 2 rings (SSSR count). The highest BCUT2D eigenvalue weighted by Crippen LogP contribution is 2.34. The Morgan fingerprint density at radius 3 is 2.47 bits per heavy atom. The SMILES string of the molecule is O=C1CCC(C(F)(F)F)N1Cc1ccccc1. The highest BCUT2D eigenvalue weighted by molar-refractivity contribution is 5.78. The zero-order chi connectivity index (χ0) is 12.5. The van der Waals surface area contributed by atoms with Gasteiger partial charge in [-0.2, -0.15) is 13.2 Å². The fourth-order valence-corrected chi connectivity index (χ4v) is 2.05. The second-order valence-corrected chi connectivity index (χ2v) is 4.10. The van der Waals surface area contributed by atoms with Crippen LogP contribution in [0.1, 0.15) is 18.4 Å². The highest BCUT2D eigenvalue weighted by atomic mass is 19.4. The Kier molecular flexibility index (Phi) is 3.09. The number of nitrogens with zero attached hydrogens (tertiary/aromatic N) is 1. The van der Waals surface area contributed by atoms with Crippen molar-refractivity contribution in [3.8, 4) is 0 Å². The minimum Gasteiger partial charge on any atom is -0.326 e. The molecule has 2 nitrogen and oxygen atoms in total. The topological polar surface area (TPSA) is 20.3 Å². The highest BCUT2D eigenvalue weighted by Gasteiger charge is 2.48. The van der Waals surface area contributed by atoms with Crippen LogP contribution in [-0.2, 0) is 11.3 Å². The van der Waals surface area contributed by atoms with E-state index < -0.39 is 18.1 Å². The smallest absolute Gasteiger partial charge is 0.326 e. The maximum atomic E-state index is 12.7. The van der Waals surface area contributed by atoms with Crippen LogP contribution in [0.3, 0.4) is 0 Å². The summed E-state index contributed by atoms with van der Waals surface area (Å²) in [6.45, 7) is 0.0316. The van der Waals surface area contributed by atoms with E-state index in [9.17, 15) is 18.0 Å². The molecule has 1 aliphatic heterocycles. The molecule has 17 heavy (non-hydrogen) atoms. The zero-order valence-electron chi connectivity index (χ0n) is 9.07. The van der Waals surface area contributed by atoms with Gasteiger partial charge in [0.15, 0.2) is 0 Å². The molecule has 1 unspecified atom stereocenters. The van der Waals surface area contributed by atoms with Gasteiger partial charge in [0.2, 0.25) is 5.91 Å². The molecule has 1 aromatic rings. The molecule has 5 heteroatoms. The van der Waals surface area contributed by atoms with Crippen LogP contribution >= 0.6 is 0 Å². The van der Waals surface area contributed by atoms with Crippen LogP contribution in [0.4, 0.5) is 13.2 Å². The minimum absolute atomic E-state index is 0.0169. The average Bonchev–Trinajstić information content (AvgIpc) is 2.62.